The Balaban J connectivity index is 1.36. The average Bonchev–Trinajstić information content (AvgIpc) is 0.985. The quantitative estimate of drug-likeness (QED) is 0.0249. The van der Waals surface area contributed by atoms with Crippen LogP contribution >= 0.6 is 0 Å². The lowest BCUT2D eigenvalue weighted by Crippen LogP contribution is -2.44. The van der Waals surface area contributed by atoms with Gasteiger partial charge in [0.25, 0.3) is 29.5 Å². The molecule has 4 unspecified atom stereocenters. The Kier molecular flexibility index (Phi) is 29.8. The number of hydrogen-bond donors (Lipinski definition) is 14. The van der Waals surface area contributed by atoms with Crippen molar-refractivity contribution in [3.8, 4) is 23.0 Å². The van der Waals surface area contributed by atoms with Crippen LogP contribution in [-0.4, -0.2) is 143 Å². The summed E-state index contributed by atoms with van der Waals surface area (Å²) < 4.78 is 21.7. The number of anilines is 4. The van der Waals surface area contributed by atoms with Crippen LogP contribution in [-0.2, 0) is 24.0 Å². The van der Waals surface area contributed by atoms with Crippen molar-refractivity contribution >= 4 is 81.9 Å². The molecule has 0 heterocycles. The van der Waals surface area contributed by atoms with Gasteiger partial charge in [-0.1, -0.05) is 18.2 Å². The Bertz CT molecular complexity index is 3370. The van der Waals surface area contributed by atoms with Gasteiger partial charge in [0.05, 0.1) is 43.6 Å². The van der Waals surface area contributed by atoms with Crippen molar-refractivity contribution in [3.63, 3.8) is 0 Å². The summed E-state index contributed by atoms with van der Waals surface area (Å²) in [4.78, 5) is 136. The van der Waals surface area contributed by atoms with Gasteiger partial charge in [-0.05, 0) is 188 Å². The zero-order valence-electron chi connectivity index (χ0n) is 51.7. The lowest BCUT2D eigenvalue weighted by atomic mass is 10.1. The molecule has 5 aromatic rings. The van der Waals surface area contributed by atoms with E-state index in [0.29, 0.717) is 70.0 Å². The maximum absolute atomic E-state index is 14.4. The van der Waals surface area contributed by atoms with Gasteiger partial charge >= 0.3 is 5.97 Å². The third-order valence-electron chi connectivity index (χ3n) is 14.3. The summed E-state index contributed by atoms with van der Waals surface area (Å²) in [6.45, 7) is 0.354. The van der Waals surface area contributed by atoms with Crippen LogP contribution in [0.2, 0.25) is 0 Å². The second-order valence-electron chi connectivity index (χ2n) is 21.1. The van der Waals surface area contributed by atoms with Gasteiger partial charge in [0.15, 0.2) is 6.61 Å². The summed E-state index contributed by atoms with van der Waals surface area (Å²) in [5.74, 6) is -7.67. The van der Waals surface area contributed by atoms with Crippen molar-refractivity contribution in [1.82, 2.24) is 21.3 Å². The monoisotopic (exact) mass is 1270 g/mol. The fourth-order valence-electron chi connectivity index (χ4n) is 9.46. The molecular formula is C64H83N13O15. The number of primary amides is 1. The third-order valence-corrected chi connectivity index (χ3v) is 14.3. The molecule has 19 N–H and O–H groups in total. The molecule has 5 rings (SSSR count). The number of carbonyl (C=O) groups is 10. The Hall–Kier alpha value is -10.2. The van der Waals surface area contributed by atoms with Crippen LogP contribution in [0, 0.1) is 0 Å². The normalized spacial score (nSPS) is 12.1. The van der Waals surface area contributed by atoms with Crippen molar-refractivity contribution in [2.75, 3.05) is 75.4 Å². The molecule has 0 aliphatic heterocycles. The molecule has 0 aliphatic carbocycles. The number of ether oxygens (including phenoxy) is 4. The summed E-state index contributed by atoms with van der Waals surface area (Å²) in [5, 5.41) is 31.4. The van der Waals surface area contributed by atoms with Gasteiger partial charge in [0.2, 0.25) is 23.6 Å². The zero-order valence-corrected chi connectivity index (χ0v) is 51.7. The van der Waals surface area contributed by atoms with Gasteiger partial charge in [0, 0.05) is 28.3 Å². The number of hydrogen-bond acceptors (Lipinski definition) is 18. The molecule has 9 amide bonds. The minimum atomic E-state index is -1.37. The second kappa shape index (κ2) is 37.7. The van der Waals surface area contributed by atoms with E-state index in [9.17, 15) is 53.1 Å². The molecule has 0 bridgehead atoms. The molecule has 0 spiro atoms. The molecule has 0 saturated carbocycles. The highest BCUT2D eigenvalue weighted by Gasteiger charge is 2.30. The largest absolute Gasteiger partial charge is 0.496 e. The predicted molar refractivity (Wildman–Crippen MR) is 345 cm³/mol. The van der Waals surface area contributed by atoms with E-state index in [-0.39, 0.29) is 107 Å². The molecule has 92 heavy (non-hydrogen) atoms. The Morgan fingerprint density at radius 3 is 0.989 bits per heavy atom. The van der Waals surface area contributed by atoms with Crippen LogP contribution < -0.4 is 90.2 Å². The fourth-order valence-corrected chi connectivity index (χ4v) is 9.46. The summed E-state index contributed by atoms with van der Waals surface area (Å²) >= 11 is 0. The van der Waals surface area contributed by atoms with E-state index in [4.69, 9.17) is 47.6 Å². The molecule has 0 radical (unpaired) electrons. The number of rotatable bonds is 39. The van der Waals surface area contributed by atoms with Gasteiger partial charge in [-0.2, -0.15) is 0 Å². The molecule has 4 atom stereocenters. The van der Waals surface area contributed by atoms with E-state index >= 15 is 0 Å². The number of carboxylic acid groups (broad SMARTS) is 1. The first-order chi connectivity index (χ1) is 44.3. The van der Waals surface area contributed by atoms with Crippen molar-refractivity contribution in [2.45, 2.75) is 101 Å². The number of carbonyl (C=O) groups excluding carboxylic acids is 9. The SMILES string of the molecule is COc1ccc(NC(=O)C(CCCCN)NC(=O)c2cc(NC(=O)C(CCCCN)NC(=O)c3cc(NC(=O)C(CCCCN)NC(=O)c4cc(NC(=O)C(CCCCN)NC(=O)c5ccccc5)ccc4OC)ccc3OC)ccc2OCC(=O)O)cc1C(N)=O. The number of methoxy groups -OCH3 is 3. The second-order valence-corrected chi connectivity index (χ2v) is 21.1. The summed E-state index contributed by atoms with van der Waals surface area (Å²) in [5.41, 5.74) is 29.0. The fraction of sp³-hybridized carbons (Fsp3) is 0.375. The Morgan fingerprint density at radius 2 is 0.685 bits per heavy atom. The first kappa shape index (κ1) is 72.6. The van der Waals surface area contributed by atoms with Crippen LogP contribution in [0.5, 0.6) is 23.0 Å². The van der Waals surface area contributed by atoms with E-state index < -0.39 is 89.9 Å². The summed E-state index contributed by atoms with van der Waals surface area (Å²) in [6, 6.07) is 20.3. The van der Waals surface area contributed by atoms with Crippen LogP contribution in [0.3, 0.4) is 0 Å². The number of unbranched alkanes of at least 4 members (excludes halogenated alkanes) is 4. The number of aliphatic carboxylic acids is 1. The Labute approximate surface area is 532 Å². The van der Waals surface area contributed by atoms with Gasteiger partial charge < -0.3 is 95.3 Å². The Morgan fingerprint density at radius 1 is 0.391 bits per heavy atom. The molecule has 5 aromatic carbocycles. The summed E-state index contributed by atoms with van der Waals surface area (Å²) in [6.07, 6.45) is 4.29. The smallest absolute Gasteiger partial charge is 0.341 e. The van der Waals surface area contributed by atoms with Crippen molar-refractivity contribution in [3.05, 3.63) is 131 Å². The minimum Gasteiger partial charge on any atom is -0.496 e. The van der Waals surface area contributed by atoms with Crippen LogP contribution in [0.1, 0.15) is 129 Å². The molecule has 0 aromatic heterocycles. The van der Waals surface area contributed by atoms with E-state index in [1.54, 1.807) is 30.3 Å². The molecular weight excluding hydrogens is 1190 g/mol. The molecule has 0 saturated heterocycles. The number of nitrogens with one attached hydrogen (secondary N) is 8. The van der Waals surface area contributed by atoms with E-state index in [1.807, 2.05) is 0 Å². The number of amides is 9. The van der Waals surface area contributed by atoms with E-state index in [0.717, 1.165) is 0 Å². The highest BCUT2D eigenvalue weighted by atomic mass is 16.5. The van der Waals surface area contributed by atoms with Gasteiger partial charge in [-0.15, -0.1) is 0 Å². The van der Waals surface area contributed by atoms with Gasteiger partial charge in [0.1, 0.15) is 47.2 Å². The lowest BCUT2D eigenvalue weighted by molar-refractivity contribution is -0.139. The maximum Gasteiger partial charge on any atom is 0.341 e. The average molecular weight is 1270 g/mol. The molecule has 494 valence electrons. The molecule has 0 aliphatic rings. The third kappa shape index (κ3) is 22.4. The van der Waals surface area contributed by atoms with E-state index in [2.05, 4.69) is 42.5 Å². The number of benzene rings is 5. The van der Waals surface area contributed by atoms with E-state index in [1.165, 1.54) is 94.1 Å². The van der Waals surface area contributed by atoms with Crippen LogP contribution in [0.25, 0.3) is 0 Å². The topological polar surface area (TPSA) is 454 Å². The van der Waals surface area contributed by atoms with Crippen molar-refractivity contribution in [1.29, 1.82) is 0 Å². The number of nitrogens with two attached hydrogens (primary N) is 5. The lowest BCUT2D eigenvalue weighted by Gasteiger charge is -2.22. The number of carboxylic acids is 1. The molecule has 28 nitrogen and oxygen atoms in total. The zero-order chi connectivity index (χ0) is 67.1. The first-order valence-electron chi connectivity index (χ1n) is 29.9. The minimum absolute atomic E-state index is 0.000132. The molecule has 28 heteroatoms. The predicted octanol–water partition coefficient (Wildman–Crippen LogP) is 3.74. The molecule has 0 fully saturated rings. The van der Waals surface area contributed by atoms with Crippen molar-refractivity contribution < 1.29 is 72.0 Å². The highest BCUT2D eigenvalue weighted by molar-refractivity contribution is 6.08. The maximum atomic E-state index is 14.4. The highest BCUT2D eigenvalue weighted by Crippen LogP contribution is 2.29. The van der Waals surface area contributed by atoms with Crippen LogP contribution in [0.15, 0.2) is 103 Å². The van der Waals surface area contributed by atoms with Gasteiger partial charge in [-0.3, -0.25) is 43.2 Å². The standard InChI is InChI=1S/C64H83N13O15/c1-89-51-25-21-39(33-43(51)56(69)80)70-62(86)50(20-10-14-32-68)77-60(84)46-36-42(24-28-54(46)92-37-55(78)79)73-64(88)49(19-9-13-31-67)76-59(83)45-35-41(23-27-53(45)91-3)72-63(87)48(18-8-12-30-66)75-58(82)44-34-40(22-26-52(44)90-2)71-61(85)47(17-7-11-29-65)74-57(81)38-15-5-4-6-16-38/h4-6,15-16,21-28,33-36,47-50H,7-14,17-20,29-32,37,65-68H2,1-3H3,(H2,69,80)(H,70,86)(H,71,85)(H,72,87)(H,73,88)(H,74,81)(H,75,82)(H,76,83)(H,77,84)(H,78,79). The summed E-state index contributed by atoms with van der Waals surface area (Å²) in [7, 11) is 4.00. The van der Waals surface area contributed by atoms with Crippen LogP contribution in [0.4, 0.5) is 22.7 Å². The van der Waals surface area contributed by atoms with Gasteiger partial charge in [-0.25, -0.2) is 4.79 Å². The first-order valence-corrected chi connectivity index (χ1v) is 29.9. The van der Waals surface area contributed by atoms with Crippen molar-refractivity contribution in [2.24, 2.45) is 28.7 Å².